The first kappa shape index (κ1) is 26.1. The van der Waals surface area contributed by atoms with Gasteiger partial charge in [0.1, 0.15) is 5.75 Å². The molecule has 0 bridgehead atoms. The second-order valence-electron chi connectivity index (χ2n) is 9.10. The van der Waals surface area contributed by atoms with Crippen LogP contribution in [-0.4, -0.2) is 9.97 Å². The maximum Gasteiger partial charge on any atom is 0.159 e. The van der Waals surface area contributed by atoms with Crippen LogP contribution in [0.3, 0.4) is 0 Å². The molecule has 0 fully saturated rings. The van der Waals surface area contributed by atoms with Crippen molar-refractivity contribution in [2.24, 2.45) is 5.92 Å². The van der Waals surface area contributed by atoms with E-state index in [1.807, 2.05) is 42.9 Å². The molecule has 1 aromatic carbocycles. The summed E-state index contributed by atoms with van der Waals surface area (Å²) in [5, 5.41) is 0. The van der Waals surface area contributed by atoms with E-state index in [1.165, 1.54) is 76.2 Å². The minimum atomic E-state index is 0.774. The highest BCUT2D eigenvalue weighted by Crippen LogP contribution is 2.20. The zero-order chi connectivity index (χ0) is 22.9. The average Bonchev–Trinajstić information content (AvgIpc) is 2.83. The summed E-state index contributed by atoms with van der Waals surface area (Å²) in [6.45, 7) is 6.88. The van der Waals surface area contributed by atoms with Crippen LogP contribution in [0.5, 0.6) is 5.75 Å². The SMILES string of the molecule is CCCCCCCCC=COc1ccc(-c2ncc(CCCCCC(C)CC)cn2)cc1. The molecule has 1 atom stereocenters. The number of aryl methyl sites for hydroxylation is 1. The van der Waals surface area contributed by atoms with E-state index < -0.39 is 0 Å². The number of hydrogen-bond donors (Lipinski definition) is 0. The van der Waals surface area contributed by atoms with E-state index in [9.17, 15) is 0 Å². The Hall–Kier alpha value is -2.16. The zero-order valence-corrected chi connectivity index (χ0v) is 20.7. The second-order valence-corrected chi connectivity index (χ2v) is 9.10. The fraction of sp³-hybridized carbons (Fsp3) is 0.586. The molecule has 0 N–H and O–H groups in total. The van der Waals surface area contributed by atoms with Gasteiger partial charge in [-0.3, -0.25) is 0 Å². The van der Waals surface area contributed by atoms with E-state index in [0.29, 0.717) is 0 Å². The Balaban J connectivity index is 1.67. The van der Waals surface area contributed by atoms with Crippen LogP contribution in [0.25, 0.3) is 11.4 Å². The monoisotopic (exact) mass is 436 g/mol. The van der Waals surface area contributed by atoms with Gasteiger partial charge < -0.3 is 4.74 Å². The number of allylic oxidation sites excluding steroid dienone is 1. The number of rotatable bonds is 17. The van der Waals surface area contributed by atoms with Crippen LogP contribution in [0, 0.1) is 5.92 Å². The molecule has 0 radical (unpaired) electrons. The van der Waals surface area contributed by atoms with Crippen molar-refractivity contribution in [1.29, 1.82) is 0 Å². The number of unbranched alkanes of at least 4 members (excludes halogenated alkanes) is 8. The normalized spacial score (nSPS) is 12.3. The molecule has 3 heteroatoms. The molecule has 1 heterocycles. The lowest BCUT2D eigenvalue weighted by Crippen LogP contribution is -1.95. The molecular formula is C29H44N2O. The summed E-state index contributed by atoms with van der Waals surface area (Å²) < 4.78 is 5.73. The van der Waals surface area contributed by atoms with Gasteiger partial charge in [0.05, 0.1) is 6.26 Å². The molecule has 0 aliphatic carbocycles. The van der Waals surface area contributed by atoms with Crippen molar-refractivity contribution in [3.63, 3.8) is 0 Å². The van der Waals surface area contributed by atoms with Gasteiger partial charge in [0.25, 0.3) is 0 Å². The van der Waals surface area contributed by atoms with E-state index in [0.717, 1.165) is 35.9 Å². The quantitative estimate of drug-likeness (QED) is 0.183. The lowest BCUT2D eigenvalue weighted by molar-refractivity contribution is 0.477. The summed E-state index contributed by atoms with van der Waals surface area (Å²) in [5.41, 5.74) is 2.25. The van der Waals surface area contributed by atoms with Gasteiger partial charge in [-0.25, -0.2) is 9.97 Å². The topological polar surface area (TPSA) is 35.0 Å². The van der Waals surface area contributed by atoms with Gasteiger partial charge in [-0.05, 0) is 67.5 Å². The number of nitrogens with zero attached hydrogens (tertiary/aromatic N) is 2. The molecule has 0 aliphatic heterocycles. The van der Waals surface area contributed by atoms with Gasteiger partial charge in [-0.1, -0.05) is 78.6 Å². The first-order valence-corrected chi connectivity index (χ1v) is 13.0. The van der Waals surface area contributed by atoms with Crippen molar-refractivity contribution < 1.29 is 4.74 Å². The highest BCUT2D eigenvalue weighted by atomic mass is 16.5. The minimum absolute atomic E-state index is 0.774. The van der Waals surface area contributed by atoms with Crippen LogP contribution in [0.15, 0.2) is 49.0 Å². The highest BCUT2D eigenvalue weighted by molar-refractivity contribution is 5.55. The molecule has 176 valence electrons. The van der Waals surface area contributed by atoms with E-state index in [2.05, 4.69) is 36.8 Å². The van der Waals surface area contributed by atoms with Crippen LogP contribution in [0.1, 0.15) is 103 Å². The summed E-state index contributed by atoms with van der Waals surface area (Å²) in [6, 6.07) is 8.03. The maximum absolute atomic E-state index is 5.73. The summed E-state index contributed by atoms with van der Waals surface area (Å²) in [6.07, 6.45) is 24.5. The fourth-order valence-corrected chi connectivity index (χ4v) is 3.76. The number of hydrogen-bond acceptors (Lipinski definition) is 3. The van der Waals surface area contributed by atoms with Gasteiger partial charge >= 0.3 is 0 Å². The maximum atomic E-state index is 5.73. The Labute approximate surface area is 196 Å². The molecule has 1 aromatic heterocycles. The van der Waals surface area contributed by atoms with E-state index >= 15 is 0 Å². The third-order valence-corrected chi connectivity index (χ3v) is 6.20. The molecule has 0 aliphatic rings. The van der Waals surface area contributed by atoms with Gasteiger partial charge in [0, 0.05) is 18.0 Å². The lowest BCUT2D eigenvalue weighted by Gasteiger charge is -2.07. The molecule has 0 saturated carbocycles. The van der Waals surface area contributed by atoms with Crippen LogP contribution >= 0.6 is 0 Å². The van der Waals surface area contributed by atoms with Crippen LogP contribution < -0.4 is 4.74 Å². The van der Waals surface area contributed by atoms with E-state index in [4.69, 9.17) is 4.74 Å². The largest absolute Gasteiger partial charge is 0.465 e. The summed E-state index contributed by atoms with van der Waals surface area (Å²) >= 11 is 0. The fourth-order valence-electron chi connectivity index (χ4n) is 3.76. The molecule has 2 rings (SSSR count). The zero-order valence-electron chi connectivity index (χ0n) is 20.7. The Bertz CT molecular complexity index is 737. The van der Waals surface area contributed by atoms with Crippen LogP contribution in [0.4, 0.5) is 0 Å². The molecule has 3 nitrogen and oxygen atoms in total. The van der Waals surface area contributed by atoms with Crippen molar-refractivity contribution in [2.75, 3.05) is 0 Å². The van der Waals surface area contributed by atoms with Gasteiger partial charge in [-0.15, -0.1) is 0 Å². The molecule has 0 amide bonds. The predicted molar refractivity (Wildman–Crippen MR) is 137 cm³/mol. The molecule has 1 unspecified atom stereocenters. The average molecular weight is 437 g/mol. The molecule has 2 aromatic rings. The van der Waals surface area contributed by atoms with Crippen molar-refractivity contribution in [3.05, 3.63) is 54.6 Å². The third-order valence-electron chi connectivity index (χ3n) is 6.20. The minimum Gasteiger partial charge on any atom is -0.465 e. The van der Waals surface area contributed by atoms with E-state index in [-0.39, 0.29) is 0 Å². The molecule has 0 saturated heterocycles. The van der Waals surface area contributed by atoms with Gasteiger partial charge in [0.2, 0.25) is 0 Å². The Morgan fingerprint density at radius 3 is 2.25 bits per heavy atom. The number of aromatic nitrogens is 2. The van der Waals surface area contributed by atoms with Crippen LogP contribution in [-0.2, 0) is 6.42 Å². The lowest BCUT2D eigenvalue weighted by atomic mass is 10.00. The smallest absolute Gasteiger partial charge is 0.159 e. The van der Waals surface area contributed by atoms with Gasteiger partial charge in [0.15, 0.2) is 5.82 Å². The van der Waals surface area contributed by atoms with Crippen molar-refractivity contribution in [2.45, 2.75) is 104 Å². The summed E-state index contributed by atoms with van der Waals surface area (Å²) in [7, 11) is 0. The van der Waals surface area contributed by atoms with Crippen LogP contribution in [0.2, 0.25) is 0 Å². The molecule has 32 heavy (non-hydrogen) atoms. The Kier molecular flexibility index (Phi) is 13.4. The van der Waals surface area contributed by atoms with Gasteiger partial charge in [-0.2, -0.15) is 0 Å². The number of benzene rings is 1. The third kappa shape index (κ3) is 10.9. The van der Waals surface area contributed by atoms with E-state index in [1.54, 1.807) is 0 Å². The Morgan fingerprint density at radius 1 is 0.844 bits per heavy atom. The standard InChI is InChI=1S/C29H44N2O/c1-4-6-7-8-9-10-11-15-22-32-28-20-18-27(19-21-28)29-30-23-26(24-31-29)17-14-12-13-16-25(3)5-2/h15,18-25H,4-14,16-17H2,1-3H3. The highest BCUT2D eigenvalue weighted by Gasteiger charge is 2.03. The molecular weight excluding hydrogens is 392 g/mol. The second kappa shape index (κ2) is 16.5. The summed E-state index contributed by atoms with van der Waals surface area (Å²) in [4.78, 5) is 9.15. The molecule has 0 spiro atoms. The van der Waals surface area contributed by atoms with Crippen molar-refractivity contribution in [1.82, 2.24) is 9.97 Å². The summed E-state index contributed by atoms with van der Waals surface area (Å²) in [5.74, 6) is 2.48. The first-order valence-electron chi connectivity index (χ1n) is 13.0. The Morgan fingerprint density at radius 2 is 1.53 bits per heavy atom. The number of ether oxygens (including phenoxy) is 1. The predicted octanol–water partition coefficient (Wildman–Crippen LogP) is 8.94. The van der Waals surface area contributed by atoms with Crippen molar-refractivity contribution >= 4 is 0 Å². The first-order chi connectivity index (χ1) is 15.7. The van der Waals surface area contributed by atoms with Crippen molar-refractivity contribution in [3.8, 4) is 17.1 Å².